The molecule has 26 heavy (non-hydrogen) atoms. The Morgan fingerprint density at radius 2 is 1.88 bits per heavy atom. The highest BCUT2D eigenvalue weighted by molar-refractivity contribution is 7.98. The van der Waals surface area contributed by atoms with Gasteiger partial charge in [-0.3, -0.25) is 0 Å². The van der Waals surface area contributed by atoms with E-state index in [1.54, 1.807) is 22.5 Å². The number of rotatable bonds is 5. The summed E-state index contributed by atoms with van der Waals surface area (Å²) in [5, 5.41) is 31.2. The lowest BCUT2D eigenvalue weighted by atomic mass is 10.1. The lowest BCUT2D eigenvalue weighted by Crippen LogP contribution is -2.33. The summed E-state index contributed by atoms with van der Waals surface area (Å²) in [6, 6.07) is 12.0. The molecule has 1 saturated heterocycles. The van der Waals surface area contributed by atoms with Crippen molar-refractivity contribution in [2.75, 3.05) is 6.61 Å². The minimum absolute atomic E-state index is 0.360. The number of benzene rings is 1. The van der Waals surface area contributed by atoms with Crippen molar-refractivity contribution in [3.63, 3.8) is 0 Å². The number of hydrogen-bond donors (Lipinski definition) is 3. The van der Waals surface area contributed by atoms with Crippen LogP contribution in [0.5, 0.6) is 0 Å². The third kappa shape index (κ3) is 3.10. The molecule has 136 valence electrons. The predicted octanol–water partition coefficient (Wildman–Crippen LogP) is 1.34. The molecule has 4 atom stereocenters. The van der Waals surface area contributed by atoms with Crippen LogP contribution in [0.1, 0.15) is 11.8 Å². The molecule has 1 aliphatic rings. The third-order valence-electron chi connectivity index (χ3n) is 4.48. The van der Waals surface area contributed by atoms with E-state index in [0.717, 1.165) is 16.2 Å². The minimum atomic E-state index is -1.14. The molecule has 7 nitrogen and oxygen atoms in total. The Morgan fingerprint density at radius 1 is 1.08 bits per heavy atom. The van der Waals surface area contributed by atoms with E-state index in [4.69, 9.17) is 4.74 Å². The molecule has 3 heterocycles. The number of ether oxygens (including phenoxy) is 1. The van der Waals surface area contributed by atoms with Crippen LogP contribution in [0, 0.1) is 0 Å². The van der Waals surface area contributed by atoms with E-state index in [2.05, 4.69) is 22.1 Å². The van der Waals surface area contributed by atoms with Crippen molar-refractivity contribution in [2.45, 2.75) is 35.3 Å². The molecule has 8 heteroatoms. The summed E-state index contributed by atoms with van der Waals surface area (Å²) >= 11 is 1.61. The van der Waals surface area contributed by atoms with Crippen LogP contribution < -0.4 is 0 Å². The van der Waals surface area contributed by atoms with Gasteiger partial charge in [-0.1, -0.05) is 30.3 Å². The highest BCUT2D eigenvalue weighted by atomic mass is 32.2. The Hall–Kier alpha value is -1.97. The lowest BCUT2D eigenvalue weighted by Gasteiger charge is -2.17. The summed E-state index contributed by atoms with van der Waals surface area (Å²) in [5.41, 5.74) is 1.82. The zero-order valence-electron chi connectivity index (χ0n) is 13.8. The molecule has 2 aromatic heterocycles. The van der Waals surface area contributed by atoms with Gasteiger partial charge in [-0.25, -0.2) is 9.97 Å². The molecular weight excluding hydrogens is 354 g/mol. The van der Waals surface area contributed by atoms with Gasteiger partial charge in [-0.15, -0.1) is 11.8 Å². The van der Waals surface area contributed by atoms with Crippen LogP contribution in [0.15, 0.2) is 53.9 Å². The van der Waals surface area contributed by atoms with E-state index in [9.17, 15) is 15.3 Å². The van der Waals surface area contributed by atoms with Gasteiger partial charge in [0.25, 0.3) is 0 Å². The van der Waals surface area contributed by atoms with Crippen LogP contribution in [0.2, 0.25) is 0 Å². The van der Waals surface area contributed by atoms with E-state index in [-0.39, 0.29) is 6.61 Å². The van der Waals surface area contributed by atoms with Crippen LogP contribution >= 0.6 is 11.8 Å². The molecule has 0 spiro atoms. The van der Waals surface area contributed by atoms with Crippen LogP contribution in [0.4, 0.5) is 0 Å². The number of aromatic nitrogens is 3. The van der Waals surface area contributed by atoms with Gasteiger partial charge in [0.05, 0.1) is 12.0 Å². The third-order valence-corrected chi connectivity index (χ3v) is 5.56. The fourth-order valence-electron chi connectivity index (χ4n) is 3.10. The summed E-state index contributed by atoms with van der Waals surface area (Å²) < 4.78 is 7.28. The van der Waals surface area contributed by atoms with Gasteiger partial charge in [-0.2, -0.15) is 0 Å². The molecule has 1 aromatic carbocycles. The first kappa shape index (κ1) is 17.4. The van der Waals surface area contributed by atoms with Gasteiger partial charge >= 0.3 is 0 Å². The number of nitrogens with zero attached hydrogens (tertiary/aromatic N) is 3. The number of fused-ring (bicyclic) bond motifs is 1. The monoisotopic (exact) mass is 373 g/mol. The Kier molecular flexibility index (Phi) is 4.92. The van der Waals surface area contributed by atoms with Crippen molar-refractivity contribution >= 4 is 22.8 Å². The molecule has 0 radical (unpaired) electrons. The van der Waals surface area contributed by atoms with E-state index in [1.807, 2.05) is 24.3 Å². The van der Waals surface area contributed by atoms with Gasteiger partial charge in [0, 0.05) is 11.9 Å². The Balaban J connectivity index is 1.61. The first-order valence-electron chi connectivity index (χ1n) is 8.29. The fraction of sp³-hybridized carbons (Fsp3) is 0.333. The minimum Gasteiger partial charge on any atom is -0.394 e. The number of aliphatic hydroxyl groups excluding tert-OH is 3. The lowest BCUT2D eigenvalue weighted by molar-refractivity contribution is -0.0508. The second kappa shape index (κ2) is 7.34. The highest BCUT2D eigenvalue weighted by Crippen LogP contribution is 2.34. The van der Waals surface area contributed by atoms with E-state index < -0.39 is 24.5 Å². The molecule has 0 unspecified atom stereocenters. The van der Waals surface area contributed by atoms with Gasteiger partial charge in [0.15, 0.2) is 6.23 Å². The molecule has 0 bridgehead atoms. The van der Waals surface area contributed by atoms with Crippen LogP contribution in [-0.2, 0) is 10.5 Å². The Labute approximate surface area is 154 Å². The SMILES string of the molecule is OC[C@@H]1O[C@@H](n2ccc3c(SCc4ccccc4)ncnc32)[C@H](O)[C@@H]1O. The summed E-state index contributed by atoms with van der Waals surface area (Å²) in [6.45, 7) is -0.360. The van der Waals surface area contributed by atoms with Crippen molar-refractivity contribution in [3.8, 4) is 0 Å². The van der Waals surface area contributed by atoms with Gasteiger partial charge in [-0.05, 0) is 11.6 Å². The summed E-state index contributed by atoms with van der Waals surface area (Å²) in [7, 11) is 0. The van der Waals surface area contributed by atoms with E-state index in [1.165, 1.54) is 11.9 Å². The largest absolute Gasteiger partial charge is 0.394 e. The first-order valence-corrected chi connectivity index (χ1v) is 9.28. The molecule has 4 rings (SSSR count). The molecule has 1 aliphatic heterocycles. The highest BCUT2D eigenvalue weighted by Gasteiger charge is 2.43. The van der Waals surface area contributed by atoms with Crippen LogP contribution in [-0.4, -0.2) is 54.8 Å². The van der Waals surface area contributed by atoms with Crippen molar-refractivity contribution < 1.29 is 20.1 Å². The molecule has 1 fully saturated rings. The van der Waals surface area contributed by atoms with Gasteiger partial charge in [0.2, 0.25) is 0 Å². The maximum absolute atomic E-state index is 10.3. The number of thioether (sulfide) groups is 1. The van der Waals surface area contributed by atoms with E-state index in [0.29, 0.717) is 5.65 Å². The molecule has 3 aromatic rings. The summed E-state index contributed by atoms with van der Waals surface area (Å²) in [5.74, 6) is 0.784. The van der Waals surface area contributed by atoms with Gasteiger partial charge in [0.1, 0.15) is 35.3 Å². The average Bonchev–Trinajstić information content (AvgIpc) is 3.23. The smallest absolute Gasteiger partial charge is 0.164 e. The Bertz CT molecular complexity index is 889. The summed E-state index contributed by atoms with van der Waals surface area (Å²) in [6.07, 6.45) is -0.670. The van der Waals surface area contributed by atoms with Gasteiger partial charge < -0.3 is 24.6 Å². The molecule has 3 N–H and O–H groups in total. The Morgan fingerprint density at radius 3 is 2.62 bits per heavy atom. The second-order valence-corrected chi connectivity index (χ2v) is 7.11. The average molecular weight is 373 g/mol. The quantitative estimate of drug-likeness (QED) is 0.458. The molecule has 0 saturated carbocycles. The topological polar surface area (TPSA) is 101 Å². The van der Waals surface area contributed by atoms with Crippen LogP contribution in [0.25, 0.3) is 11.0 Å². The normalized spacial score (nSPS) is 25.8. The molecule has 0 amide bonds. The maximum Gasteiger partial charge on any atom is 0.164 e. The first-order chi connectivity index (χ1) is 12.7. The van der Waals surface area contributed by atoms with Crippen molar-refractivity contribution in [2.24, 2.45) is 0 Å². The second-order valence-electron chi connectivity index (χ2n) is 6.14. The maximum atomic E-state index is 10.3. The number of hydrogen-bond acceptors (Lipinski definition) is 7. The van der Waals surface area contributed by atoms with Crippen molar-refractivity contribution in [3.05, 3.63) is 54.5 Å². The standard InChI is InChI=1S/C18H19N3O4S/c22-8-13-14(23)15(24)18(25-13)21-7-6-12-16(21)19-10-20-17(12)26-9-11-4-2-1-3-5-11/h1-7,10,13-15,18,22-24H,8-9H2/t13-,14+,15+,18+/m0/s1. The fourth-order valence-corrected chi connectivity index (χ4v) is 4.04. The predicted molar refractivity (Wildman–Crippen MR) is 96.5 cm³/mol. The van der Waals surface area contributed by atoms with Crippen molar-refractivity contribution in [1.82, 2.24) is 14.5 Å². The zero-order chi connectivity index (χ0) is 18.1. The molecule has 0 aliphatic carbocycles. The van der Waals surface area contributed by atoms with Crippen molar-refractivity contribution in [1.29, 1.82) is 0 Å². The zero-order valence-corrected chi connectivity index (χ0v) is 14.7. The molecular formula is C18H19N3O4S. The van der Waals surface area contributed by atoms with Crippen LogP contribution in [0.3, 0.4) is 0 Å². The van der Waals surface area contributed by atoms with E-state index >= 15 is 0 Å². The summed E-state index contributed by atoms with van der Waals surface area (Å²) in [4.78, 5) is 8.69. The number of aliphatic hydroxyl groups is 3.